The quantitative estimate of drug-likeness (QED) is 0.114. The SMILES string of the molecule is O=S(=O)([O-])C(F)(F)F.OCCCc1cc[n+](C(F)C(F)(F)C(F)(F)C(F)(F)C(F)(F)C(F)(F)C(F)(F)C(F)C(F)C(F)F)cc1. The van der Waals surface area contributed by atoms with Gasteiger partial charge < -0.3 is 9.66 Å². The highest BCUT2D eigenvalue weighted by molar-refractivity contribution is 7.86. The Balaban J connectivity index is 0.00000212. The smallest absolute Gasteiger partial charge is 0.485 e. The first-order valence-corrected chi connectivity index (χ1v) is 12.2. The fraction of sp³-hybridized carbons (Fsp3) is 0.737. The van der Waals surface area contributed by atoms with E-state index in [0.29, 0.717) is 0 Å². The average Bonchev–Trinajstić information content (AvgIpc) is 2.89. The predicted molar refractivity (Wildman–Crippen MR) is 103 cm³/mol. The summed E-state index contributed by atoms with van der Waals surface area (Å²) in [6.07, 6.45) is -19.9. The van der Waals surface area contributed by atoms with Gasteiger partial charge in [0.1, 0.15) is 0 Å². The van der Waals surface area contributed by atoms with Crippen LogP contribution in [-0.4, -0.2) is 84.5 Å². The number of alkyl halides is 20. The van der Waals surface area contributed by atoms with Crippen LogP contribution in [0, 0.1) is 0 Å². The molecule has 1 heterocycles. The number of rotatable bonds is 13. The Morgan fingerprint density at radius 1 is 0.689 bits per heavy atom. The Labute approximate surface area is 237 Å². The Kier molecular flexibility index (Phi) is 13.0. The van der Waals surface area contributed by atoms with Crippen LogP contribution in [0.3, 0.4) is 0 Å². The molecule has 0 bridgehead atoms. The molecule has 0 saturated carbocycles. The molecular weight excluding hydrogens is 718 g/mol. The number of aromatic nitrogens is 1. The first-order chi connectivity index (χ1) is 19.7. The highest BCUT2D eigenvalue weighted by Gasteiger charge is 2.92. The zero-order valence-corrected chi connectivity index (χ0v) is 21.6. The van der Waals surface area contributed by atoms with E-state index in [-0.39, 0.29) is 30.8 Å². The van der Waals surface area contributed by atoms with Gasteiger partial charge in [-0.05, 0) is 18.4 Å². The summed E-state index contributed by atoms with van der Waals surface area (Å²) >= 11 is 0. The van der Waals surface area contributed by atoms with E-state index in [1.807, 2.05) is 0 Å². The maximum Gasteiger partial charge on any atom is 0.485 e. The molecule has 5 nitrogen and oxygen atoms in total. The number of hydrogen-bond donors (Lipinski definition) is 1. The van der Waals surface area contributed by atoms with Gasteiger partial charge in [-0.2, -0.15) is 74.8 Å². The maximum absolute atomic E-state index is 14.2. The Bertz CT molecular complexity index is 1210. The summed E-state index contributed by atoms with van der Waals surface area (Å²) in [5, 5.41) is 8.64. The number of aliphatic hydroxyl groups is 1. The van der Waals surface area contributed by atoms with Crippen molar-refractivity contribution < 1.29 is 110 Å². The lowest BCUT2D eigenvalue weighted by molar-refractivity contribution is -0.772. The predicted octanol–water partition coefficient (Wildman–Crippen LogP) is 6.17. The fourth-order valence-electron chi connectivity index (χ4n) is 2.72. The third-order valence-electron chi connectivity index (χ3n) is 5.28. The van der Waals surface area contributed by atoms with Gasteiger partial charge in [0.15, 0.2) is 28.7 Å². The minimum absolute atomic E-state index is 0.00467. The Morgan fingerprint density at radius 3 is 1.36 bits per heavy atom. The molecule has 0 spiro atoms. The first kappa shape index (κ1) is 42.6. The van der Waals surface area contributed by atoms with Crippen molar-refractivity contribution in [1.82, 2.24) is 0 Å². The van der Waals surface area contributed by atoms with Gasteiger partial charge in [0, 0.05) is 18.7 Å². The molecular formula is C19H15F20NO4S. The van der Waals surface area contributed by atoms with E-state index < -0.39 is 87.4 Å². The van der Waals surface area contributed by atoms with Crippen molar-refractivity contribution in [2.24, 2.45) is 0 Å². The van der Waals surface area contributed by atoms with Crippen LogP contribution in [0.1, 0.15) is 18.3 Å². The van der Waals surface area contributed by atoms with Gasteiger partial charge in [-0.3, -0.25) is 0 Å². The van der Waals surface area contributed by atoms with Gasteiger partial charge in [-0.1, -0.05) is 0 Å². The number of nitrogens with zero attached hydrogens (tertiary/aromatic N) is 1. The number of aryl methyl sites for hydroxylation is 1. The van der Waals surface area contributed by atoms with Crippen LogP contribution in [-0.2, 0) is 16.5 Å². The molecule has 45 heavy (non-hydrogen) atoms. The second-order valence-corrected chi connectivity index (χ2v) is 9.81. The van der Waals surface area contributed by atoms with E-state index in [9.17, 15) is 87.8 Å². The lowest BCUT2D eigenvalue weighted by Crippen LogP contribution is -2.73. The number of pyridine rings is 1. The summed E-state index contributed by atoms with van der Waals surface area (Å²) in [4.78, 5) is 0. The van der Waals surface area contributed by atoms with E-state index in [1.54, 1.807) is 0 Å². The minimum atomic E-state index is -8.40. The van der Waals surface area contributed by atoms with Crippen LogP contribution in [0.15, 0.2) is 24.5 Å². The molecule has 0 fully saturated rings. The van der Waals surface area contributed by atoms with Crippen molar-refractivity contribution in [3.8, 4) is 0 Å². The lowest BCUT2D eigenvalue weighted by Gasteiger charge is -2.41. The zero-order chi connectivity index (χ0) is 36.4. The van der Waals surface area contributed by atoms with Crippen LogP contribution >= 0.6 is 0 Å². The van der Waals surface area contributed by atoms with Gasteiger partial charge in [0.05, 0.1) is 0 Å². The third kappa shape index (κ3) is 8.13. The number of halogens is 20. The number of hydrogen-bond acceptors (Lipinski definition) is 4. The first-order valence-electron chi connectivity index (χ1n) is 10.8. The number of aliphatic hydroxyl groups excluding tert-OH is 1. The molecule has 1 N–H and O–H groups in total. The van der Waals surface area contributed by atoms with Gasteiger partial charge in [-0.25, -0.2) is 26.0 Å². The normalized spacial score (nSPS) is 16.6. The molecule has 3 unspecified atom stereocenters. The van der Waals surface area contributed by atoms with Crippen molar-refractivity contribution in [2.45, 2.75) is 78.9 Å². The van der Waals surface area contributed by atoms with Gasteiger partial charge in [-0.15, -0.1) is 0 Å². The van der Waals surface area contributed by atoms with Crippen molar-refractivity contribution >= 4 is 10.1 Å². The topological polar surface area (TPSA) is 81.3 Å². The van der Waals surface area contributed by atoms with E-state index >= 15 is 0 Å². The van der Waals surface area contributed by atoms with Crippen molar-refractivity contribution in [2.75, 3.05) is 6.61 Å². The van der Waals surface area contributed by atoms with E-state index in [0.717, 1.165) is 12.1 Å². The van der Waals surface area contributed by atoms with Crippen molar-refractivity contribution in [3.63, 3.8) is 0 Å². The molecule has 0 saturated heterocycles. The molecule has 0 aliphatic carbocycles. The molecule has 1 rings (SSSR count). The van der Waals surface area contributed by atoms with Crippen LogP contribution in [0.2, 0.25) is 0 Å². The second-order valence-electron chi connectivity index (χ2n) is 8.44. The molecule has 0 aromatic carbocycles. The van der Waals surface area contributed by atoms with Crippen LogP contribution in [0.25, 0.3) is 0 Å². The maximum atomic E-state index is 14.2. The molecule has 266 valence electrons. The average molecular weight is 733 g/mol. The van der Waals surface area contributed by atoms with Crippen LogP contribution in [0.4, 0.5) is 87.8 Å². The fourth-order valence-corrected chi connectivity index (χ4v) is 2.72. The standard InChI is InChI=1S/C18H15F17NO.CHF3O3S/c19-9(11(21)22)10(20)13(24,25)15(28,29)17(32,33)18(34,35)16(30,31)14(26,27)12(23)36-5-3-8(4-6-36)2-1-7-37;2-1(3,4)8(5,6)7/h3-6,9-12,37H,1-2,7H2;(H,5,6,7)/q+1;/p-1. The summed E-state index contributed by atoms with van der Waals surface area (Å²) in [5.74, 6) is -47.5. The summed E-state index contributed by atoms with van der Waals surface area (Å²) in [6.45, 7) is -0.394. The van der Waals surface area contributed by atoms with E-state index in [2.05, 4.69) is 0 Å². The molecule has 0 aliphatic rings. The largest absolute Gasteiger partial charge is 0.741 e. The Morgan fingerprint density at radius 2 is 1.04 bits per heavy atom. The highest BCUT2D eigenvalue weighted by Crippen LogP contribution is 2.62. The molecule has 0 amide bonds. The molecule has 26 heteroatoms. The van der Waals surface area contributed by atoms with E-state index in [1.165, 1.54) is 0 Å². The summed E-state index contributed by atoms with van der Waals surface area (Å²) in [7, 11) is -6.09. The molecule has 3 atom stereocenters. The summed E-state index contributed by atoms with van der Waals surface area (Å²) in [5.41, 5.74) is -5.52. The van der Waals surface area contributed by atoms with Crippen LogP contribution in [0.5, 0.6) is 0 Å². The zero-order valence-electron chi connectivity index (χ0n) is 20.8. The lowest BCUT2D eigenvalue weighted by atomic mass is 9.88. The molecule has 1 aromatic heterocycles. The van der Waals surface area contributed by atoms with Crippen molar-refractivity contribution in [3.05, 3.63) is 30.1 Å². The highest BCUT2D eigenvalue weighted by atomic mass is 32.2. The van der Waals surface area contributed by atoms with E-state index in [4.69, 9.17) is 18.1 Å². The van der Waals surface area contributed by atoms with Gasteiger partial charge in [0.2, 0.25) is 6.17 Å². The van der Waals surface area contributed by atoms with Gasteiger partial charge >= 0.3 is 47.3 Å². The van der Waals surface area contributed by atoms with Crippen LogP contribution < -0.4 is 4.57 Å². The molecule has 1 aromatic rings. The minimum Gasteiger partial charge on any atom is -0.741 e. The second kappa shape index (κ2) is 13.8. The van der Waals surface area contributed by atoms with Crippen molar-refractivity contribution in [1.29, 1.82) is 0 Å². The molecule has 0 aliphatic heterocycles. The Hall–Kier alpha value is -2.38. The third-order valence-corrected chi connectivity index (χ3v) is 5.84. The monoisotopic (exact) mass is 733 g/mol. The van der Waals surface area contributed by atoms with Gasteiger partial charge in [0.25, 0.3) is 6.43 Å². The summed E-state index contributed by atoms with van der Waals surface area (Å²) in [6, 6.07) is 1.44. The molecule has 0 radical (unpaired) electrons. The summed E-state index contributed by atoms with van der Waals surface area (Å²) < 4.78 is 288.